The van der Waals surface area contributed by atoms with E-state index in [-0.39, 0.29) is 11.4 Å². The highest BCUT2D eigenvalue weighted by Crippen LogP contribution is 2.34. The van der Waals surface area contributed by atoms with E-state index >= 15 is 0 Å². The van der Waals surface area contributed by atoms with Gasteiger partial charge in [-0.1, -0.05) is 20.3 Å². The third-order valence-corrected chi connectivity index (χ3v) is 4.57. The van der Waals surface area contributed by atoms with E-state index in [4.69, 9.17) is 0 Å². The molecule has 1 saturated heterocycles. The Bertz CT molecular complexity index is 378. The zero-order valence-electron chi connectivity index (χ0n) is 13.9. The zero-order valence-corrected chi connectivity index (χ0v) is 13.9. The van der Waals surface area contributed by atoms with E-state index in [1.807, 2.05) is 32.6 Å². The number of piperidine rings is 1. The second kappa shape index (κ2) is 7.25. The SMILES string of the molecule is CCCC1(C(=O)O)CCCN(CC(=O)NC(C)(C)CC)C1. The van der Waals surface area contributed by atoms with Crippen LogP contribution in [-0.4, -0.2) is 47.1 Å². The molecule has 0 bridgehead atoms. The molecular formula is C16H30N2O3. The average molecular weight is 298 g/mol. The summed E-state index contributed by atoms with van der Waals surface area (Å²) in [7, 11) is 0. The minimum absolute atomic E-state index is 0.0143. The van der Waals surface area contributed by atoms with Gasteiger partial charge in [0.2, 0.25) is 5.91 Å². The van der Waals surface area contributed by atoms with Crippen LogP contribution in [0.4, 0.5) is 0 Å². The molecule has 5 nitrogen and oxygen atoms in total. The van der Waals surface area contributed by atoms with Gasteiger partial charge in [-0.15, -0.1) is 0 Å². The lowest BCUT2D eigenvalue weighted by molar-refractivity contribution is -0.154. The van der Waals surface area contributed by atoms with Crippen molar-refractivity contribution in [2.45, 2.75) is 65.3 Å². The number of nitrogens with zero attached hydrogens (tertiary/aromatic N) is 1. The predicted octanol–water partition coefficient (Wildman–Crippen LogP) is 2.26. The predicted molar refractivity (Wildman–Crippen MR) is 83.2 cm³/mol. The third kappa shape index (κ3) is 4.99. The first kappa shape index (κ1) is 18.0. The van der Waals surface area contributed by atoms with Gasteiger partial charge in [-0.3, -0.25) is 14.5 Å². The Labute approximate surface area is 128 Å². The van der Waals surface area contributed by atoms with Crippen LogP contribution < -0.4 is 5.32 Å². The largest absolute Gasteiger partial charge is 0.481 e. The molecule has 0 aliphatic carbocycles. The Morgan fingerprint density at radius 1 is 1.33 bits per heavy atom. The van der Waals surface area contributed by atoms with Crippen LogP contribution in [0.3, 0.4) is 0 Å². The van der Waals surface area contributed by atoms with Crippen molar-refractivity contribution in [2.24, 2.45) is 5.41 Å². The fourth-order valence-corrected chi connectivity index (χ4v) is 3.03. The van der Waals surface area contributed by atoms with Crippen molar-refractivity contribution < 1.29 is 14.7 Å². The molecule has 0 saturated carbocycles. The summed E-state index contributed by atoms with van der Waals surface area (Å²) in [6, 6.07) is 0. The van der Waals surface area contributed by atoms with Gasteiger partial charge in [-0.25, -0.2) is 0 Å². The summed E-state index contributed by atoms with van der Waals surface area (Å²) in [5.74, 6) is -0.733. The number of carboxylic acid groups (broad SMARTS) is 1. The highest BCUT2D eigenvalue weighted by Gasteiger charge is 2.41. The number of carbonyl (C=O) groups excluding carboxylic acids is 1. The molecule has 0 aromatic heterocycles. The lowest BCUT2D eigenvalue weighted by atomic mass is 9.76. The maximum Gasteiger partial charge on any atom is 0.310 e. The molecule has 2 N–H and O–H groups in total. The Morgan fingerprint density at radius 3 is 2.52 bits per heavy atom. The fourth-order valence-electron chi connectivity index (χ4n) is 3.03. The van der Waals surface area contributed by atoms with Gasteiger partial charge >= 0.3 is 5.97 Å². The van der Waals surface area contributed by atoms with Crippen molar-refractivity contribution in [3.05, 3.63) is 0 Å². The quantitative estimate of drug-likeness (QED) is 0.756. The van der Waals surface area contributed by atoms with E-state index in [0.29, 0.717) is 19.5 Å². The first-order valence-corrected chi connectivity index (χ1v) is 8.01. The second-order valence-corrected chi connectivity index (χ2v) is 6.94. The number of nitrogens with one attached hydrogen (secondary N) is 1. The molecule has 5 heteroatoms. The summed E-state index contributed by atoms with van der Waals surface area (Å²) in [4.78, 5) is 25.8. The van der Waals surface area contributed by atoms with Crippen LogP contribution in [0, 0.1) is 5.41 Å². The maximum absolute atomic E-state index is 12.1. The summed E-state index contributed by atoms with van der Waals surface area (Å²) >= 11 is 0. The van der Waals surface area contributed by atoms with Gasteiger partial charge in [0.25, 0.3) is 0 Å². The van der Waals surface area contributed by atoms with Crippen molar-refractivity contribution in [1.29, 1.82) is 0 Å². The average Bonchev–Trinajstić information content (AvgIpc) is 2.38. The Hall–Kier alpha value is -1.10. The number of carbonyl (C=O) groups is 2. The van der Waals surface area contributed by atoms with E-state index < -0.39 is 11.4 Å². The van der Waals surface area contributed by atoms with Crippen LogP contribution in [0.2, 0.25) is 0 Å². The summed E-state index contributed by atoms with van der Waals surface area (Å²) in [5.41, 5.74) is -0.881. The normalized spacial score (nSPS) is 23.8. The first-order valence-electron chi connectivity index (χ1n) is 8.01. The van der Waals surface area contributed by atoms with Crippen LogP contribution in [0.5, 0.6) is 0 Å². The Kier molecular flexibility index (Phi) is 6.20. The van der Waals surface area contributed by atoms with Crippen molar-refractivity contribution >= 4 is 11.9 Å². The van der Waals surface area contributed by atoms with Crippen molar-refractivity contribution in [1.82, 2.24) is 10.2 Å². The molecule has 0 radical (unpaired) electrons. The molecular weight excluding hydrogens is 268 g/mol. The number of amides is 1. The smallest absolute Gasteiger partial charge is 0.310 e. The van der Waals surface area contributed by atoms with Crippen LogP contribution in [0.15, 0.2) is 0 Å². The van der Waals surface area contributed by atoms with Gasteiger partial charge in [-0.2, -0.15) is 0 Å². The molecule has 122 valence electrons. The van der Waals surface area contributed by atoms with E-state index in [2.05, 4.69) is 5.32 Å². The van der Waals surface area contributed by atoms with Gasteiger partial charge in [0.1, 0.15) is 0 Å². The summed E-state index contributed by atoms with van der Waals surface area (Å²) in [6.07, 6.45) is 3.97. The zero-order chi connectivity index (χ0) is 16.1. The molecule has 1 fully saturated rings. The van der Waals surface area contributed by atoms with E-state index in [1.54, 1.807) is 0 Å². The van der Waals surface area contributed by atoms with E-state index in [1.165, 1.54) is 0 Å². The molecule has 1 rings (SSSR count). The third-order valence-electron chi connectivity index (χ3n) is 4.57. The van der Waals surface area contributed by atoms with Crippen LogP contribution in [0.1, 0.15) is 59.8 Å². The Balaban J connectivity index is 2.64. The van der Waals surface area contributed by atoms with E-state index in [9.17, 15) is 14.7 Å². The molecule has 1 amide bonds. The summed E-state index contributed by atoms with van der Waals surface area (Å²) in [5, 5.41) is 12.6. The van der Waals surface area contributed by atoms with Gasteiger partial charge in [0.15, 0.2) is 0 Å². The van der Waals surface area contributed by atoms with Gasteiger partial charge < -0.3 is 10.4 Å². The highest BCUT2D eigenvalue weighted by atomic mass is 16.4. The van der Waals surface area contributed by atoms with E-state index in [0.717, 1.165) is 32.2 Å². The molecule has 0 aromatic rings. The number of carboxylic acids is 1. The van der Waals surface area contributed by atoms with Gasteiger partial charge in [-0.05, 0) is 46.1 Å². The molecule has 1 atom stereocenters. The maximum atomic E-state index is 12.1. The van der Waals surface area contributed by atoms with Crippen LogP contribution in [-0.2, 0) is 9.59 Å². The van der Waals surface area contributed by atoms with Crippen LogP contribution >= 0.6 is 0 Å². The second-order valence-electron chi connectivity index (χ2n) is 6.94. The minimum atomic E-state index is -0.719. The van der Waals surface area contributed by atoms with Crippen molar-refractivity contribution in [2.75, 3.05) is 19.6 Å². The molecule has 0 spiro atoms. The molecule has 1 unspecified atom stereocenters. The monoisotopic (exact) mass is 298 g/mol. The number of hydrogen-bond donors (Lipinski definition) is 2. The fraction of sp³-hybridized carbons (Fsp3) is 0.875. The lowest BCUT2D eigenvalue weighted by Gasteiger charge is -2.40. The summed E-state index contributed by atoms with van der Waals surface area (Å²) < 4.78 is 0. The standard InChI is InChI=1S/C16H30N2O3/c1-5-8-16(14(20)21)9-7-10-18(12-16)11-13(19)17-15(3,4)6-2/h5-12H2,1-4H3,(H,17,19)(H,20,21). The Morgan fingerprint density at radius 2 is 2.00 bits per heavy atom. The first-order chi connectivity index (χ1) is 9.74. The number of aliphatic carboxylic acids is 1. The highest BCUT2D eigenvalue weighted by molar-refractivity contribution is 5.79. The molecule has 1 aliphatic heterocycles. The lowest BCUT2D eigenvalue weighted by Crippen LogP contribution is -2.52. The summed E-state index contributed by atoms with van der Waals surface area (Å²) in [6.45, 7) is 9.63. The minimum Gasteiger partial charge on any atom is -0.481 e. The molecule has 0 aromatic carbocycles. The number of rotatable bonds is 7. The van der Waals surface area contributed by atoms with Crippen LogP contribution in [0.25, 0.3) is 0 Å². The number of likely N-dealkylation sites (tertiary alicyclic amines) is 1. The molecule has 1 heterocycles. The van der Waals surface area contributed by atoms with Crippen molar-refractivity contribution in [3.8, 4) is 0 Å². The molecule has 1 aliphatic rings. The number of hydrogen-bond acceptors (Lipinski definition) is 3. The molecule has 21 heavy (non-hydrogen) atoms. The van der Waals surface area contributed by atoms with Gasteiger partial charge in [0, 0.05) is 12.1 Å². The topological polar surface area (TPSA) is 69.6 Å². The van der Waals surface area contributed by atoms with Crippen molar-refractivity contribution in [3.63, 3.8) is 0 Å². The van der Waals surface area contributed by atoms with Gasteiger partial charge in [0.05, 0.1) is 12.0 Å².